The van der Waals surface area contributed by atoms with Gasteiger partial charge in [0.2, 0.25) is 11.8 Å². The molecule has 0 aliphatic carbocycles. The molecule has 1 aromatic carbocycles. The van der Waals surface area contributed by atoms with Crippen molar-refractivity contribution in [2.75, 3.05) is 0 Å². The fourth-order valence-electron chi connectivity index (χ4n) is 2.08. The van der Waals surface area contributed by atoms with Crippen LogP contribution in [0.25, 0.3) is 11.8 Å². The summed E-state index contributed by atoms with van der Waals surface area (Å²) in [5.41, 5.74) is 4.30. The van der Waals surface area contributed by atoms with Gasteiger partial charge in [-0.05, 0) is 39.8 Å². The first-order valence-corrected chi connectivity index (χ1v) is 6.27. The molecule has 0 saturated heterocycles. The SMILES string of the molecule is CC(C)=Cc1c(C)c(O)n(-c2ccc(C)cc2)c1O. The van der Waals surface area contributed by atoms with Crippen LogP contribution in [0, 0.1) is 13.8 Å². The van der Waals surface area contributed by atoms with Crippen LogP contribution in [-0.4, -0.2) is 14.8 Å². The average Bonchev–Trinajstić information content (AvgIpc) is 2.55. The third-order valence-electron chi connectivity index (χ3n) is 3.13. The molecule has 0 unspecified atom stereocenters. The Bertz CT molecular complexity index is 630. The van der Waals surface area contributed by atoms with E-state index in [9.17, 15) is 10.2 Å². The number of rotatable bonds is 2. The molecule has 3 heteroatoms. The highest BCUT2D eigenvalue weighted by molar-refractivity contribution is 5.66. The number of hydrogen-bond donors (Lipinski definition) is 2. The fraction of sp³-hybridized carbons (Fsp3) is 0.250. The minimum Gasteiger partial charge on any atom is -0.494 e. The summed E-state index contributed by atoms with van der Waals surface area (Å²) in [5.74, 6) is 0.147. The smallest absolute Gasteiger partial charge is 0.206 e. The van der Waals surface area contributed by atoms with Gasteiger partial charge in [0.15, 0.2) is 0 Å². The van der Waals surface area contributed by atoms with Gasteiger partial charge in [0.05, 0.1) is 5.69 Å². The molecule has 0 atom stereocenters. The van der Waals surface area contributed by atoms with Gasteiger partial charge in [-0.1, -0.05) is 29.3 Å². The normalized spacial score (nSPS) is 10.5. The van der Waals surface area contributed by atoms with Gasteiger partial charge in [0, 0.05) is 11.1 Å². The van der Waals surface area contributed by atoms with Gasteiger partial charge in [-0.2, -0.15) is 0 Å². The lowest BCUT2D eigenvalue weighted by Gasteiger charge is -2.07. The van der Waals surface area contributed by atoms with E-state index >= 15 is 0 Å². The van der Waals surface area contributed by atoms with Crippen molar-refractivity contribution in [3.63, 3.8) is 0 Å². The lowest BCUT2D eigenvalue weighted by Crippen LogP contribution is -1.92. The zero-order valence-corrected chi connectivity index (χ0v) is 11.7. The second-order valence-corrected chi connectivity index (χ2v) is 5.08. The van der Waals surface area contributed by atoms with Crippen molar-refractivity contribution in [1.29, 1.82) is 0 Å². The van der Waals surface area contributed by atoms with E-state index in [2.05, 4.69) is 0 Å². The van der Waals surface area contributed by atoms with Crippen molar-refractivity contribution in [2.24, 2.45) is 0 Å². The third-order valence-corrected chi connectivity index (χ3v) is 3.13. The molecule has 1 heterocycles. The molecule has 0 aliphatic heterocycles. The number of hydrogen-bond acceptors (Lipinski definition) is 2. The first-order valence-electron chi connectivity index (χ1n) is 6.27. The predicted molar refractivity (Wildman–Crippen MR) is 77.9 cm³/mol. The molecular formula is C16H19NO2. The Kier molecular flexibility index (Phi) is 3.38. The topological polar surface area (TPSA) is 45.4 Å². The summed E-state index contributed by atoms with van der Waals surface area (Å²) >= 11 is 0. The predicted octanol–water partition coefficient (Wildman–Crippen LogP) is 3.93. The standard InChI is InChI=1S/C16H19NO2/c1-10(2)9-14-12(4)15(18)17(16(14)19)13-7-5-11(3)6-8-13/h5-9,18-19H,1-4H3. The molecule has 0 fully saturated rings. The summed E-state index contributed by atoms with van der Waals surface area (Å²) in [6.07, 6.45) is 1.87. The van der Waals surface area contributed by atoms with Gasteiger partial charge in [0.1, 0.15) is 0 Å². The van der Waals surface area contributed by atoms with Crippen LogP contribution < -0.4 is 0 Å². The first-order chi connectivity index (χ1) is 8.91. The molecule has 2 N–H and O–H groups in total. The van der Waals surface area contributed by atoms with E-state index in [0.29, 0.717) is 11.1 Å². The molecule has 0 bridgehead atoms. The summed E-state index contributed by atoms with van der Waals surface area (Å²) in [4.78, 5) is 0. The van der Waals surface area contributed by atoms with Crippen LogP contribution in [0.5, 0.6) is 11.8 Å². The quantitative estimate of drug-likeness (QED) is 0.856. The number of aryl methyl sites for hydroxylation is 1. The van der Waals surface area contributed by atoms with Crippen LogP contribution >= 0.6 is 0 Å². The Morgan fingerprint density at radius 3 is 2.11 bits per heavy atom. The Morgan fingerprint density at radius 1 is 1.00 bits per heavy atom. The second kappa shape index (κ2) is 4.84. The lowest BCUT2D eigenvalue weighted by atomic mass is 10.1. The van der Waals surface area contributed by atoms with Crippen molar-refractivity contribution in [3.8, 4) is 17.4 Å². The van der Waals surface area contributed by atoms with Crippen LogP contribution in [0.3, 0.4) is 0 Å². The van der Waals surface area contributed by atoms with Gasteiger partial charge in [-0.3, -0.25) is 4.57 Å². The number of aromatic hydroxyl groups is 2. The minimum atomic E-state index is 0.0695. The molecule has 2 aromatic rings. The fourth-order valence-corrected chi connectivity index (χ4v) is 2.08. The van der Waals surface area contributed by atoms with Gasteiger partial charge in [-0.15, -0.1) is 0 Å². The van der Waals surface area contributed by atoms with Crippen molar-refractivity contribution in [2.45, 2.75) is 27.7 Å². The van der Waals surface area contributed by atoms with Crippen LogP contribution in [0.4, 0.5) is 0 Å². The molecule has 0 radical (unpaired) electrons. The summed E-state index contributed by atoms with van der Waals surface area (Å²) in [6, 6.07) is 7.65. The Morgan fingerprint density at radius 2 is 1.58 bits per heavy atom. The van der Waals surface area contributed by atoms with Gasteiger partial charge in [-0.25, -0.2) is 0 Å². The molecular weight excluding hydrogens is 238 g/mol. The van der Waals surface area contributed by atoms with Crippen molar-refractivity contribution >= 4 is 6.08 Å². The van der Waals surface area contributed by atoms with E-state index in [1.807, 2.05) is 51.1 Å². The minimum absolute atomic E-state index is 0.0695. The largest absolute Gasteiger partial charge is 0.494 e. The lowest BCUT2D eigenvalue weighted by molar-refractivity contribution is 0.401. The van der Waals surface area contributed by atoms with Crippen molar-refractivity contribution < 1.29 is 10.2 Å². The zero-order valence-electron chi connectivity index (χ0n) is 11.7. The summed E-state index contributed by atoms with van der Waals surface area (Å²) in [6.45, 7) is 7.71. The molecule has 0 spiro atoms. The maximum Gasteiger partial charge on any atom is 0.206 e. The van der Waals surface area contributed by atoms with E-state index < -0.39 is 0 Å². The molecule has 0 amide bonds. The van der Waals surface area contributed by atoms with E-state index in [1.165, 1.54) is 4.57 Å². The molecule has 19 heavy (non-hydrogen) atoms. The third kappa shape index (κ3) is 2.36. The van der Waals surface area contributed by atoms with Gasteiger partial charge in [0.25, 0.3) is 0 Å². The summed E-state index contributed by atoms with van der Waals surface area (Å²) in [5, 5.41) is 20.5. The Labute approximate surface area is 113 Å². The molecule has 0 saturated carbocycles. The van der Waals surface area contributed by atoms with E-state index in [4.69, 9.17) is 0 Å². The highest BCUT2D eigenvalue weighted by Gasteiger charge is 2.18. The number of allylic oxidation sites excluding steroid dienone is 1. The average molecular weight is 257 g/mol. The summed E-state index contributed by atoms with van der Waals surface area (Å²) < 4.78 is 1.46. The Hall–Kier alpha value is -2.16. The number of nitrogens with zero attached hydrogens (tertiary/aromatic N) is 1. The second-order valence-electron chi connectivity index (χ2n) is 5.08. The number of aromatic nitrogens is 1. The zero-order chi connectivity index (χ0) is 14.2. The molecule has 3 nitrogen and oxygen atoms in total. The van der Waals surface area contributed by atoms with Crippen molar-refractivity contribution in [3.05, 3.63) is 46.5 Å². The number of benzene rings is 1. The van der Waals surface area contributed by atoms with E-state index in [0.717, 1.165) is 16.8 Å². The van der Waals surface area contributed by atoms with Crippen molar-refractivity contribution in [1.82, 2.24) is 4.57 Å². The maximum absolute atomic E-state index is 10.3. The van der Waals surface area contributed by atoms with E-state index in [-0.39, 0.29) is 11.8 Å². The van der Waals surface area contributed by atoms with Crippen LogP contribution in [0.2, 0.25) is 0 Å². The van der Waals surface area contributed by atoms with E-state index in [1.54, 1.807) is 6.92 Å². The van der Waals surface area contributed by atoms with Gasteiger partial charge < -0.3 is 10.2 Å². The van der Waals surface area contributed by atoms with Crippen LogP contribution in [0.15, 0.2) is 29.8 Å². The Balaban J connectivity index is 2.65. The monoisotopic (exact) mass is 257 g/mol. The molecule has 100 valence electrons. The highest BCUT2D eigenvalue weighted by Crippen LogP contribution is 2.37. The van der Waals surface area contributed by atoms with Crippen LogP contribution in [0.1, 0.15) is 30.5 Å². The highest BCUT2D eigenvalue weighted by atomic mass is 16.3. The summed E-state index contributed by atoms with van der Waals surface area (Å²) in [7, 11) is 0. The first kappa shape index (κ1) is 13.3. The van der Waals surface area contributed by atoms with Gasteiger partial charge >= 0.3 is 0 Å². The maximum atomic E-state index is 10.3. The molecule has 1 aromatic heterocycles. The molecule has 0 aliphatic rings. The van der Waals surface area contributed by atoms with Crippen LogP contribution in [-0.2, 0) is 0 Å². The molecule has 2 rings (SSSR count).